The predicted molar refractivity (Wildman–Crippen MR) is 75.0 cm³/mol. The molecule has 0 bridgehead atoms. The van der Waals surface area contributed by atoms with Gasteiger partial charge in [-0.15, -0.1) is 0 Å². The molecule has 0 heterocycles. The van der Waals surface area contributed by atoms with Crippen LogP contribution in [0.1, 0.15) is 26.3 Å². The van der Waals surface area contributed by atoms with Crippen molar-refractivity contribution in [3.05, 3.63) is 23.8 Å². The molecule has 0 aromatic heterocycles. The van der Waals surface area contributed by atoms with Crippen molar-refractivity contribution in [3.8, 4) is 0 Å². The van der Waals surface area contributed by atoms with Crippen LogP contribution in [0, 0.1) is 6.92 Å². The van der Waals surface area contributed by atoms with Gasteiger partial charge in [-0.05, 0) is 44.5 Å². The minimum absolute atomic E-state index is 0.0554. The third kappa shape index (κ3) is 4.04. The van der Waals surface area contributed by atoms with E-state index in [1.807, 2.05) is 32.0 Å². The Labute approximate surface area is 109 Å². The minimum atomic E-state index is -0.0554. The Hall–Kier alpha value is -1.55. The molecule has 0 aliphatic rings. The zero-order valence-electron chi connectivity index (χ0n) is 11.7. The molecule has 2 atom stereocenters. The Kier molecular flexibility index (Phi) is 5.16. The molecule has 4 heteroatoms. The molecule has 2 N–H and O–H groups in total. The smallest absolute Gasteiger partial charge is 0.221 e. The fraction of sp³-hybridized carbons (Fsp3) is 0.500. The first-order valence-corrected chi connectivity index (χ1v) is 6.11. The summed E-state index contributed by atoms with van der Waals surface area (Å²) in [4.78, 5) is 11.0. The average Bonchev–Trinajstić information content (AvgIpc) is 2.31. The lowest BCUT2D eigenvalue weighted by molar-refractivity contribution is -0.114. The van der Waals surface area contributed by atoms with Crippen molar-refractivity contribution in [2.45, 2.75) is 39.8 Å². The largest absolute Gasteiger partial charge is 0.380 e. The molecule has 1 aromatic rings. The highest BCUT2D eigenvalue weighted by molar-refractivity contribution is 5.89. The molecule has 0 saturated carbocycles. The van der Waals surface area contributed by atoms with E-state index in [1.165, 1.54) is 6.92 Å². The lowest BCUT2D eigenvalue weighted by Gasteiger charge is -2.21. The highest BCUT2D eigenvalue weighted by atomic mass is 16.5. The van der Waals surface area contributed by atoms with E-state index < -0.39 is 0 Å². The molecule has 4 nitrogen and oxygen atoms in total. The van der Waals surface area contributed by atoms with Gasteiger partial charge in [0.25, 0.3) is 0 Å². The highest BCUT2D eigenvalue weighted by Crippen LogP contribution is 2.20. The topological polar surface area (TPSA) is 50.4 Å². The number of methoxy groups -OCH3 is 1. The van der Waals surface area contributed by atoms with E-state index in [0.717, 1.165) is 16.9 Å². The maximum atomic E-state index is 11.0. The second-order valence-electron chi connectivity index (χ2n) is 4.58. The van der Waals surface area contributed by atoms with Gasteiger partial charge in [-0.3, -0.25) is 4.79 Å². The number of rotatable bonds is 5. The van der Waals surface area contributed by atoms with Crippen molar-refractivity contribution >= 4 is 17.3 Å². The van der Waals surface area contributed by atoms with Gasteiger partial charge >= 0.3 is 0 Å². The van der Waals surface area contributed by atoms with Crippen LogP contribution in [-0.2, 0) is 9.53 Å². The molecule has 0 radical (unpaired) electrons. The van der Waals surface area contributed by atoms with Crippen molar-refractivity contribution in [3.63, 3.8) is 0 Å². The molecule has 0 fully saturated rings. The number of anilines is 2. The van der Waals surface area contributed by atoms with E-state index in [-0.39, 0.29) is 18.1 Å². The number of carbonyl (C=O) groups excluding carboxylic acids is 1. The summed E-state index contributed by atoms with van der Waals surface area (Å²) in [6.07, 6.45) is 0.139. The Morgan fingerprint density at radius 1 is 1.33 bits per heavy atom. The maximum Gasteiger partial charge on any atom is 0.221 e. The summed E-state index contributed by atoms with van der Waals surface area (Å²) < 4.78 is 5.27. The normalized spacial score (nSPS) is 13.8. The van der Waals surface area contributed by atoms with E-state index in [1.54, 1.807) is 7.11 Å². The van der Waals surface area contributed by atoms with Gasteiger partial charge in [0.1, 0.15) is 0 Å². The molecule has 0 spiro atoms. The lowest BCUT2D eigenvalue weighted by atomic mass is 10.1. The zero-order chi connectivity index (χ0) is 13.7. The second-order valence-corrected chi connectivity index (χ2v) is 4.58. The molecular formula is C14H22N2O2. The number of hydrogen-bond donors (Lipinski definition) is 2. The predicted octanol–water partition coefficient (Wildman–Crippen LogP) is 2.79. The van der Waals surface area contributed by atoms with Crippen LogP contribution >= 0.6 is 0 Å². The van der Waals surface area contributed by atoms with Crippen LogP contribution in [-0.4, -0.2) is 25.2 Å². The third-order valence-electron chi connectivity index (χ3n) is 3.01. The molecule has 1 amide bonds. The standard InChI is InChI=1S/C14H22N2O2/c1-9-8-13(15-10(2)11(3)18-5)6-7-14(9)16-12(4)17/h6-8,10-11,15H,1-5H3,(H,16,17). The molecule has 2 unspecified atom stereocenters. The number of nitrogens with one attached hydrogen (secondary N) is 2. The monoisotopic (exact) mass is 250 g/mol. The van der Waals surface area contributed by atoms with Gasteiger partial charge in [-0.25, -0.2) is 0 Å². The first kappa shape index (κ1) is 14.5. The third-order valence-corrected chi connectivity index (χ3v) is 3.01. The van der Waals surface area contributed by atoms with Crippen molar-refractivity contribution < 1.29 is 9.53 Å². The minimum Gasteiger partial charge on any atom is -0.380 e. The van der Waals surface area contributed by atoms with Crippen molar-refractivity contribution in [1.82, 2.24) is 0 Å². The summed E-state index contributed by atoms with van der Waals surface area (Å²) in [5.74, 6) is -0.0554. The fourth-order valence-electron chi connectivity index (χ4n) is 1.67. The van der Waals surface area contributed by atoms with Gasteiger partial charge in [0.2, 0.25) is 5.91 Å². The summed E-state index contributed by atoms with van der Waals surface area (Å²) in [5, 5.41) is 6.17. The zero-order valence-corrected chi connectivity index (χ0v) is 11.7. The first-order valence-electron chi connectivity index (χ1n) is 6.11. The number of hydrogen-bond acceptors (Lipinski definition) is 3. The highest BCUT2D eigenvalue weighted by Gasteiger charge is 2.11. The number of carbonyl (C=O) groups is 1. The van der Waals surface area contributed by atoms with E-state index in [9.17, 15) is 4.79 Å². The van der Waals surface area contributed by atoms with E-state index in [0.29, 0.717) is 0 Å². The number of ether oxygens (including phenoxy) is 1. The molecule has 0 aliphatic heterocycles. The van der Waals surface area contributed by atoms with Gasteiger partial charge < -0.3 is 15.4 Å². The molecule has 1 aromatic carbocycles. The van der Waals surface area contributed by atoms with Gasteiger partial charge in [0.15, 0.2) is 0 Å². The second kappa shape index (κ2) is 6.40. The van der Waals surface area contributed by atoms with E-state index in [4.69, 9.17) is 4.74 Å². The van der Waals surface area contributed by atoms with Gasteiger partial charge in [-0.2, -0.15) is 0 Å². The van der Waals surface area contributed by atoms with Crippen LogP contribution in [0.4, 0.5) is 11.4 Å². The SMILES string of the molecule is COC(C)C(C)Nc1ccc(NC(C)=O)c(C)c1. The molecule has 0 aliphatic carbocycles. The summed E-state index contributed by atoms with van der Waals surface area (Å²) >= 11 is 0. The van der Waals surface area contributed by atoms with Crippen LogP contribution in [0.2, 0.25) is 0 Å². The van der Waals surface area contributed by atoms with Crippen LogP contribution < -0.4 is 10.6 Å². The van der Waals surface area contributed by atoms with Crippen LogP contribution in [0.3, 0.4) is 0 Å². The summed E-state index contributed by atoms with van der Waals surface area (Å²) in [7, 11) is 1.70. The first-order chi connectivity index (χ1) is 8.43. The van der Waals surface area contributed by atoms with Crippen molar-refractivity contribution in [1.29, 1.82) is 0 Å². The lowest BCUT2D eigenvalue weighted by Crippen LogP contribution is -2.29. The van der Waals surface area contributed by atoms with Crippen LogP contribution in [0.5, 0.6) is 0 Å². The summed E-state index contributed by atoms with van der Waals surface area (Å²) in [5.41, 5.74) is 2.91. The molecule has 18 heavy (non-hydrogen) atoms. The Morgan fingerprint density at radius 3 is 2.50 bits per heavy atom. The molecule has 1 rings (SSSR count). The Bertz CT molecular complexity index is 418. The van der Waals surface area contributed by atoms with Crippen LogP contribution in [0.25, 0.3) is 0 Å². The molecular weight excluding hydrogens is 228 g/mol. The van der Waals surface area contributed by atoms with Gasteiger partial charge in [-0.1, -0.05) is 0 Å². The number of aryl methyl sites for hydroxylation is 1. The van der Waals surface area contributed by atoms with Gasteiger partial charge in [0.05, 0.1) is 6.10 Å². The summed E-state index contributed by atoms with van der Waals surface area (Å²) in [6, 6.07) is 6.10. The average molecular weight is 250 g/mol. The number of amides is 1. The van der Waals surface area contributed by atoms with Crippen molar-refractivity contribution in [2.24, 2.45) is 0 Å². The van der Waals surface area contributed by atoms with Crippen LogP contribution in [0.15, 0.2) is 18.2 Å². The molecule has 100 valence electrons. The fourth-order valence-corrected chi connectivity index (χ4v) is 1.67. The summed E-state index contributed by atoms with van der Waals surface area (Å²) in [6.45, 7) is 7.58. The number of benzene rings is 1. The Morgan fingerprint density at radius 2 is 2.00 bits per heavy atom. The molecule has 0 saturated heterocycles. The van der Waals surface area contributed by atoms with Gasteiger partial charge in [0, 0.05) is 31.5 Å². The Balaban J connectivity index is 2.75. The van der Waals surface area contributed by atoms with E-state index >= 15 is 0 Å². The van der Waals surface area contributed by atoms with E-state index in [2.05, 4.69) is 17.6 Å². The maximum absolute atomic E-state index is 11.0. The van der Waals surface area contributed by atoms with Crippen molar-refractivity contribution in [2.75, 3.05) is 17.7 Å². The quantitative estimate of drug-likeness (QED) is 0.845.